The Morgan fingerprint density at radius 3 is 2.50 bits per heavy atom. The molecule has 0 N–H and O–H groups in total. The number of ether oxygens (including phenoxy) is 1. The number of carbonyl (C=O) groups is 1. The summed E-state index contributed by atoms with van der Waals surface area (Å²) >= 11 is 6.57. The van der Waals surface area contributed by atoms with E-state index < -0.39 is 11.7 Å². The number of benzene rings is 2. The number of hydrogen-bond acceptors (Lipinski definition) is 6. The van der Waals surface area contributed by atoms with Crippen molar-refractivity contribution in [1.29, 1.82) is 0 Å². The number of aromatic nitrogens is 2. The standard InChI is InChI=1S/C25H25ClFN5O2/c1-16(27)24(33)31-13-11-30(12-14-31)23-18-9-10-32(15-20(18)28-25(29-23)34-2)21-8-4-6-17-5-3-7-19(26)22(17)21/h3-8H,1,9-15H2,2H3. The summed E-state index contributed by atoms with van der Waals surface area (Å²) in [6.07, 6.45) is 0.760. The molecule has 34 heavy (non-hydrogen) atoms. The molecule has 0 aliphatic carbocycles. The van der Waals surface area contributed by atoms with Crippen LogP contribution in [0, 0.1) is 0 Å². The summed E-state index contributed by atoms with van der Waals surface area (Å²) in [6.45, 7) is 6.43. The van der Waals surface area contributed by atoms with Crippen molar-refractivity contribution >= 4 is 39.8 Å². The summed E-state index contributed by atoms with van der Waals surface area (Å²) in [5.74, 6) is -0.752. The number of nitrogens with zero attached hydrogens (tertiary/aromatic N) is 5. The van der Waals surface area contributed by atoms with E-state index in [-0.39, 0.29) is 0 Å². The molecule has 1 saturated heterocycles. The molecule has 2 aliphatic rings. The molecule has 2 aromatic carbocycles. The molecule has 0 radical (unpaired) electrons. The molecule has 1 amide bonds. The molecule has 1 aromatic heterocycles. The third-order valence-electron chi connectivity index (χ3n) is 6.48. The Hall–Kier alpha value is -3.39. The molecule has 0 saturated carbocycles. The van der Waals surface area contributed by atoms with Gasteiger partial charge in [-0.1, -0.05) is 42.4 Å². The van der Waals surface area contributed by atoms with Crippen LogP contribution in [0.3, 0.4) is 0 Å². The van der Waals surface area contributed by atoms with E-state index >= 15 is 0 Å². The quantitative estimate of drug-likeness (QED) is 0.525. The zero-order chi connectivity index (χ0) is 23.8. The lowest BCUT2D eigenvalue weighted by molar-refractivity contribution is -0.128. The van der Waals surface area contributed by atoms with Gasteiger partial charge < -0.3 is 19.4 Å². The zero-order valence-electron chi connectivity index (χ0n) is 18.9. The maximum absolute atomic E-state index is 13.3. The second-order valence-corrected chi connectivity index (χ2v) is 8.84. The van der Waals surface area contributed by atoms with Gasteiger partial charge in [0.25, 0.3) is 5.91 Å². The summed E-state index contributed by atoms with van der Waals surface area (Å²) in [7, 11) is 1.56. The number of fused-ring (bicyclic) bond motifs is 2. The topological polar surface area (TPSA) is 61.8 Å². The van der Waals surface area contributed by atoms with Crippen LogP contribution < -0.4 is 14.5 Å². The minimum Gasteiger partial charge on any atom is -0.467 e. The van der Waals surface area contributed by atoms with Crippen LogP contribution >= 0.6 is 11.6 Å². The number of methoxy groups -OCH3 is 1. The van der Waals surface area contributed by atoms with Crippen molar-refractivity contribution in [2.45, 2.75) is 13.0 Å². The summed E-state index contributed by atoms with van der Waals surface area (Å²) in [6, 6.07) is 12.4. The van der Waals surface area contributed by atoms with Gasteiger partial charge in [0.05, 0.1) is 24.4 Å². The van der Waals surface area contributed by atoms with Gasteiger partial charge in [-0.2, -0.15) is 9.97 Å². The lowest BCUT2D eigenvalue weighted by Gasteiger charge is -2.38. The Bertz CT molecular complexity index is 1270. The Morgan fingerprint density at radius 2 is 1.79 bits per heavy atom. The Morgan fingerprint density at radius 1 is 1.06 bits per heavy atom. The number of piperazine rings is 1. The normalized spacial score (nSPS) is 15.9. The van der Waals surface area contributed by atoms with E-state index in [4.69, 9.17) is 16.3 Å². The second kappa shape index (κ2) is 9.10. The average molecular weight is 482 g/mol. The average Bonchev–Trinajstić information content (AvgIpc) is 2.87. The largest absolute Gasteiger partial charge is 0.467 e. The van der Waals surface area contributed by atoms with E-state index in [9.17, 15) is 9.18 Å². The van der Waals surface area contributed by atoms with E-state index in [1.807, 2.05) is 18.2 Å². The van der Waals surface area contributed by atoms with Crippen molar-refractivity contribution in [2.24, 2.45) is 0 Å². The van der Waals surface area contributed by atoms with Crippen molar-refractivity contribution in [3.63, 3.8) is 0 Å². The molecule has 1 fully saturated rings. The fourth-order valence-electron chi connectivity index (χ4n) is 4.78. The van der Waals surface area contributed by atoms with Gasteiger partial charge in [0, 0.05) is 49.4 Å². The van der Waals surface area contributed by atoms with Crippen LogP contribution in [0.4, 0.5) is 15.9 Å². The Labute approximate surface area is 202 Å². The molecule has 0 bridgehead atoms. The van der Waals surface area contributed by atoms with Crippen LogP contribution in [0.1, 0.15) is 11.3 Å². The maximum Gasteiger partial charge on any atom is 0.318 e. The minimum atomic E-state index is -0.928. The number of rotatable bonds is 4. The molecule has 0 unspecified atom stereocenters. The summed E-state index contributed by atoms with van der Waals surface area (Å²) in [5, 5.41) is 2.86. The van der Waals surface area contributed by atoms with Crippen LogP contribution in [0.2, 0.25) is 5.02 Å². The molecular weight excluding hydrogens is 457 g/mol. The van der Waals surface area contributed by atoms with E-state index in [1.165, 1.54) is 4.90 Å². The van der Waals surface area contributed by atoms with Gasteiger partial charge in [-0.25, -0.2) is 4.39 Å². The van der Waals surface area contributed by atoms with E-state index in [0.717, 1.165) is 51.5 Å². The fourth-order valence-corrected chi connectivity index (χ4v) is 5.06. The Kier molecular flexibility index (Phi) is 6.00. The van der Waals surface area contributed by atoms with Crippen LogP contribution in [0.15, 0.2) is 48.8 Å². The number of hydrogen-bond donors (Lipinski definition) is 0. The van der Waals surface area contributed by atoms with Crippen LogP contribution in [0.25, 0.3) is 10.8 Å². The highest BCUT2D eigenvalue weighted by Gasteiger charge is 2.29. The highest BCUT2D eigenvalue weighted by molar-refractivity contribution is 6.36. The molecule has 3 heterocycles. The first kappa shape index (κ1) is 22.4. The van der Waals surface area contributed by atoms with E-state index in [1.54, 1.807) is 7.11 Å². The lowest BCUT2D eigenvalue weighted by Crippen LogP contribution is -2.49. The van der Waals surface area contributed by atoms with Crippen molar-refractivity contribution in [2.75, 3.05) is 49.6 Å². The van der Waals surface area contributed by atoms with Crippen LogP contribution in [-0.4, -0.2) is 60.6 Å². The molecule has 176 valence electrons. The van der Waals surface area contributed by atoms with Gasteiger partial charge in [0.2, 0.25) is 0 Å². The van der Waals surface area contributed by atoms with Crippen LogP contribution in [-0.2, 0) is 17.8 Å². The monoisotopic (exact) mass is 481 g/mol. The van der Waals surface area contributed by atoms with Crippen molar-refractivity contribution in [1.82, 2.24) is 14.9 Å². The summed E-state index contributed by atoms with van der Waals surface area (Å²) in [4.78, 5) is 27.2. The highest BCUT2D eigenvalue weighted by atomic mass is 35.5. The van der Waals surface area contributed by atoms with Crippen molar-refractivity contribution in [3.05, 3.63) is 65.1 Å². The van der Waals surface area contributed by atoms with E-state index in [0.29, 0.717) is 38.7 Å². The zero-order valence-corrected chi connectivity index (χ0v) is 19.7. The fraction of sp³-hybridized carbons (Fsp3) is 0.320. The van der Waals surface area contributed by atoms with Gasteiger partial charge in [-0.15, -0.1) is 0 Å². The molecule has 7 nitrogen and oxygen atoms in total. The number of anilines is 2. The molecule has 5 rings (SSSR count). The van der Waals surface area contributed by atoms with Gasteiger partial charge in [0.1, 0.15) is 5.82 Å². The minimum absolute atomic E-state index is 0.308. The predicted molar refractivity (Wildman–Crippen MR) is 131 cm³/mol. The molecule has 0 atom stereocenters. The van der Waals surface area contributed by atoms with Crippen molar-refractivity contribution < 1.29 is 13.9 Å². The summed E-state index contributed by atoms with van der Waals surface area (Å²) in [5.41, 5.74) is 3.07. The third-order valence-corrected chi connectivity index (χ3v) is 6.79. The Balaban J connectivity index is 1.44. The molecule has 9 heteroatoms. The van der Waals surface area contributed by atoms with Gasteiger partial charge in [0.15, 0.2) is 5.83 Å². The smallest absolute Gasteiger partial charge is 0.318 e. The third kappa shape index (κ3) is 4.03. The van der Waals surface area contributed by atoms with Crippen LogP contribution in [0.5, 0.6) is 6.01 Å². The molecular formula is C25H25ClFN5O2. The van der Waals surface area contributed by atoms with Gasteiger partial charge >= 0.3 is 6.01 Å². The first-order chi connectivity index (χ1) is 16.5. The number of amides is 1. The maximum atomic E-state index is 13.3. The summed E-state index contributed by atoms with van der Waals surface area (Å²) < 4.78 is 18.7. The van der Waals surface area contributed by atoms with Crippen molar-refractivity contribution in [3.8, 4) is 6.01 Å². The molecule has 2 aliphatic heterocycles. The SMILES string of the molecule is C=C(F)C(=O)N1CCN(c2nc(OC)nc3c2CCN(c2cccc4cccc(Cl)c24)C3)CC1. The number of halogens is 2. The molecule has 3 aromatic rings. The lowest BCUT2D eigenvalue weighted by atomic mass is 10.0. The highest BCUT2D eigenvalue weighted by Crippen LogP contribution is 2.37. The van der Waals surface area contributed by atoms with Gasteiger partial charge in [-0.05, 0) is 23.9 Å². The predicted octanol–water partition coefficient (Wildman–Crippen LogP) is 3.99. The number of carbonyl (C=O) groups excluding carboxylic acids is 1. The van der Waals surface area contributed by atoms with Gasteiger partial charge in [-0.3, -0.25) is 4.79 Å². The molecule has 0 spiro atoms. The first-order valence-electron chi connectivity index (χ1n) is 11.2. The second-order valence-electron chi connectivity index (χ2n) is 8.43. The first-order valence-corrected chi connectivity index (χ1v) is 11.6. The van der Waals surface area contributed by atoms with E-state index in [2.05, 4.69) is 44.5 Å².